The van der Waals surface area contributed by atoms with E-state index in [1.807, 2.05) is 0 Å². The molecule has 2 heterocycles. The molecule has 13 heteroatoms. The Morgan fingerprint density at radius 1 is 1.31 bits per heavy atom. The summed E-state index contributed by atoms with van der Waals surface area (Å²) in [5.41, 5.74) is 13.4. The Hall–Kier alpha value is -4.00. The number of H-pyrrole nitrogens is 1. The number of carbonyl (C=O) groups excluding carboxylic acids is 2. The van der Waals surface area contributed by atoms with Gasteiger partial charge in [-0.05, 0) is 24.3 Å². The van der Waals surface area contributed by atoms with Crippen LogP contribution in [0, 0.1) is 5.82 Å². The van der Waals surface area contributed by atoms with Crippen LogP contribution in [0.1, 0.15) is 23.2 Å². The maximum atomic E-state index is 14.1. The summed E-state index contributed by atoms with van der Waals surface area (Å²) in [6, 6.07) is 9.41. The molecule has 0 aliphatic rings. The number of nitrogens with two attached hydrogens (primary N) is 2. The molecule has 0 aliphatic heterocycles. The molecule has 4 aromatic rings. The molecule has 0 saturated carbocycles. The van der Waals surface area contributed by atoms with Gasteiger partial charge < -0.3 is 31.8 Å². The van der Waals surface area contributed by atoms with Crippen molar-refractivity contribution in [1.29, 1.82) is 0 Å². The molecule has 0 aliphatic carbocycles. The van der Waals surface area contributed by atoms with Gasteiger partial charge in [0.2, 0.25) is 11.8 Å². The number of carbonyl (C=O) groups is 2. The van der Waals surface area contributed by atoms with Gasteiger partial charge in [-0.1, -0.05) is 23.7 Å². The Balaban J connectivity index is 1.52. The number of aliphatic hydroxyl groups is 1. The number of halogens is 2. The summed E-state index contributed by atoms with van der Waals surface area (Å²) in [5.74, 6) is -1.57. The van der Waals surface area contributed by atoms with E-state index in [0.29, 0.717) is 22.3 Å². The van der Waals surface area contributed by atoms with Gasteiger partial charge in [0.25, 0.3) is 0 Å². The van der Waals surface area contributed by atoms with Crippen LogP contribution in [0.3, 0.4) is 0 Å². The maximum Gasteiger partial charge on any atom is 0.245 e. The van der Waals surface area contributed by atoms with E-state index in [4.69, 9.17) is 23.1 Å². The molecule has 2 aromatic heterocycles. The van der Waals surface area contributed by atoms with Gasteiger partial charge in [0.1, 0.15) is 24.3 Å². The van der Waals surface area contributed by atoms with E-state index in [0.717, 1.165) is 0 Å². The predicted octanol–water partition coefficient (Wildman–Crippen LogP) is 1.43. The molecule has 2 aromatic carbocycles. The highest BCUT2D eigenvalue weighted by atomic mass is 35.5. The first-order chi connectivity index (χ1) is 17.2. The van der Waals surface area contributed by atoms with Crippen LogP contribution in [0.4, 0.5) is 10.1 Å². The highest BCUT2D eigenvalue weighted by molar-refractivity contribution is 6.30. The maximum absolute atomic E-state index is 14.1. The van der Waals surface area contributed by atoms with Crippen LogP contribution in [-0.4, -0.2) is 48.1 Å². The first-order valence-electron chi connectivity index (χ1n) is 10.9. The summed E-state index contributed by atoms with van der Waals surface area (Å²) < 4.78 is 15.5. The van der Waals surface area contributed by atoms with Crippen molar-refractivity contribution >= 4 is 40.0 Å². The minimum Gasteiger partial charge on any atom is -0.399 e. The van der Waals surface area contributed by atoms with Gasteiger partial charge in [-0.3, -0.25) is 14.3 Å². The number of aliphatic hydroxyl groups excluding tert-OH is 1. The van der Waals surface area contributed by atoms with E-state index in [1.165, 1.54) is 28.0 Å². The molecule has 0 saturated heterocycles. The van der Waals surface area contributed by atoms with Gasteiger partial charge in [0.05, 0.1) is 35.7 Å². The number of nitrogen functional groups attached to an aromatic ring is 1. The second kappa shape index (κ2) is 10.7. The lowest BCUT2D eigenvalue weighted by molar-refractivity contribution is -0.137. The number of fused-ring (bicyclic) bond motifs is 1. The smallest absolute Gasteiger partial charge is 0.245 e. The Kier molecular flexibility index (Phi) is 7.48. The highest BCUT2D eigenvalue weighted by Crippen LogP contribution is 2.24. The number of nitrogens with zero attached hydrogens (tertiary/aromatic N) is 4. The Morgan fingerprint density at radius 2 is 2.11 bits per heavy atom. The lowest BCUT2D eigenvalue weighted by Gasteiger charge is -2.21. The number of nitrogens with one attached hydrogen (secondary N) is 2. The van der Waals surface area contributed by atoms with Crippen LogP contribution in [0.15, 0.2) is 48.9 Å². The highest BCUT2D eigenvalue weighted by Gasteiger charge is 2.22. The summed E-state index contributed by atoms with van der Waals surface area (Å²) >= 11 is 5.79. The number of imidazole rings is 1. The van der Waals surface area contributed by atoms with Crippen molar-refractivity contribution in [2.45, 2.75) is 25.9 Å². The third kappa shape index (κ3) is 5.62. The summed E-state index contributed by atoms with van der Waals surface area (Å²) in [6.45, 7) is -0.613. The third-order valence-corrected chi connectivity index (χ3v) is 5.76. The number of benzene rings is 2. The van der Waals surface area contributed by atoms with E-state index in [1.54, 1.807) is 30.5 Å². The number of hydrogen-bond acceptors (Lipinski definition) is 7. The van der Waals surface area contributed by atoms with Crippen molar-refractivity contribution in [3.8, 4) is 0 Å². The first-order valence-corrected chi connectivity index (χ1v) is 11.3. The number of amides is 2. The van der Waals surface area contributed by atoms with Crippen LogP contribution in [0.5, 0.6) is 0 Å². The van der Waals surface area contributed by atoms with Gasteiger partial charge in [0, 0.05) is 29.4 Å². The topological polar surface area (TPSA) is 168 Å². The molecule has 2 amide bonds. The third-order valence-electron chi connectivity index (χ3n) is 5.47. The average molecular weight is 515 g/mol. The minimum atomic E-state index is -1.37. The SMILES string of the molecule is Nc1ccc2c(c1)c(C(N)O)nn2CC(=O)N(CC(=O)NCc1cccc(Cl)c1F)Cc1c[nH]cn1. The molecule has 0 fully saturated rings. The molecule has 188 valence electrons. The molecule has 36 heavy (non-hydrogen) atoms. The molecule has 7 N–H and O–H groups in total. The zero-order chi connectivity index (χ0) is 25.8. The second-order valence-electron chi connectivity index (χ2n) is 8.06. The monoisotopic (exact) mass is 514 g/mol. The lowest BCUT2D eigenvalue weighted by atomic mass is 10.2. The molecule has 0 spiro atoms. The molecule has 4 rings (SSSR count). The van der Waals surface area contributed by atoms with Crippen molar-refractivity contribution in [3.05, 3.63) is 76.7 Å². The van der Waals surface area contributed by atoms with Gasteiger partial charge in [-0.15, -0.1) is 0 Å². The van der Waals surface area contributed by atoms with Crippen molar-refractivity contribution in [2.75, 3.05) is 12.3 Å². The van der Waals surface area contributed by atoms with Crippen molar-refractivity contribution in [3.63, 3.8) is 0 Å². The van der Waals surface area contributed by atoms with Crippen LogP contribution in [0.2, 0.25) is 5.02 Å². The average Bonchev–Trinajstić information content (AvgIpc) is 3.47. The molecule has 11 nitrogen and oxygen atoms in total. The number of hydrogen-bond donors (Lipinski definition) is 5. The van der Waals surface area contributed by atoms with E-state index in [2.05, 4.69) is 20.4 Å². The fraction of sp³-hybridized carbons (Fsp3) is 0.217. The summed E-state index contributed by atoms with van der Waals surface area (Å²) in [7, 11) is 0. The van der Waals surface area contributed by atoms with Crippen LogP contribution in [-0.2, 0) is 29.2 Å². The molecular weight excluding hydrogens is 491 g/mol. The van der Waals surface area contributed by atoms with E-state index < -0.39 is 23.9 Å². The predicted molar refractivity (Wildman–Crippen MR) is 131 cm³/mol. The quantitative estimate of drug-likeness (QED) is 0.166. The Labute approximate surface area is 209 Å². The van der Waals surface area contributed by atoms with Gasteiger partial charge in [-0.2, -0.15) is 5.10 Å². The second-order valence-corrected chi connectivity index (χ2v) is 8.47. The van der Waals surface area contributed by atoms with E-state index in [9.17, 15) is 19.1 Å². The number of aromatic nitrogens is 4. The summed E-state index contributed by atoms with van der Waals surface area (Å²) in [5, 5.41) is 17.3. The number of rotatable bonds is 9. The van der Waals surface area contributed by atoms with Crippen LogP contribution < -0.4 is 16.8 Å². The molecule has 0 radical (unpaired) electrons. The first kappa shape index (κ1) is 25.1. The lowest BCUT2D eigenvalue weighted by Crippen LogP contribution is -2.41. The van der Waals surface area contributed by atoms with E-state index >= 15 is 0 Å². The van der Waals surface area contributed by atoms with Crippen LogP contribution >= 0.6 is 11.6 Å². The van der Waals surface area contributed by atoms with Crippen LogP contribution in [0.25, 0.3) is 10.9 Å². The zero-order valence-electron chi connectivity index (χ0n) is 19.0. The summed E-state index contributed by atoms with van der Waals surface area (Å²) in [4.78, 5) is 34.2. The number of aromatic amines is 1. The Bertz CT molecular complexity index is 1390. The minimum absolute atomic E-state index is 0.0415. The molecule has 0 bridgehead atoms. The molecule has 1 unspecified atom stereocenters. The van der Waals surface area contributed by atoms with E-state index in [-0.39, 0.29) is 42.5 Å². The van der Waals surface area contributed by atoms with Gasteiger partial charge in [-0.25, -0.2) is 9.37 Å². The van der Waals surface area contributed by atoms with Gasteiger partial charge >= 0.3 is 0 Å². The van der Waals surface area contributed by atoms with Crippen molar-refractivity contribution in [1.82, 2.24) is 30.0 Å². The summed E-state index contributed by atoms with van der Waals surface area (Å²) in [6.07, 6.45) is 1.69. The fourth-order valence-corrected chi connectivity index (χ4v) is 3.90. The molecule has 1 atom stereocenters. The largest absolute Gasteiger partial charge is 0.399 e. The van der Waals surface area contributed by atoms with Crippen molar-refractivity contribution in [2.24, 2.45) is 5.73 Å². The van der Waals surface area contributed by atoms with Crippen molar-refractivity contribution < 1.29 is 19.1 Å². The standard InChI is InChI=1S/C23H24ClFN8O3/c24-17-3-1-2-13(21(17)25)7-29-19(34)10-32(9-15-8-28-12-30-15)20(35)11-33-18-5-4-14(26)6-16(18)22(31-33)23(27)36/h1-6,8,12,23,36H,7,9-11,26-27H2,(H,28,30)(H,29,34). The van der Waals surface area contributed by atoms with Gasteiger partial charge in [0.15, 0.2) is 0 Å². The fourth-order valence-electron chi connectivity index (χ4n) is 3.70. The Morgan fingerprint density at radius 3 is 2.83 bits per heavy atom. The normalized spacial score (nSPS) is 12.0. The zero-order valence-corrected chi connectivity index (χ0v) is 19.7. The molecular formula is C23H24ClFN8O3. The number of anilines is 1.